The van der Waals surface area contributed by atoms with Gasteiger partial charge in [-0.05, 0) is 80.1 Å². The molecule has 2 fully saturated rings. The first-order chi connectivity index (χ1) is 11.1. The summed E-state index contributed by atoms with van der Waals surface area (Å²) >= 11 is 0. The molecule has 2 heterocycles. The van der Waals surface area contributed by atoms with E-state index in [4.69, 9.17) is 0 Å². The third kappa shape index (κ3) is 4.94. The molecule has 2 rings (SSSR count). The van der Waals surface area contributed by atoms with Crippen molar-refractivity contribution < 1.29 is 10.2 Å². The molecular weight excluding hydrogens is 300 g/mol. The number of hydrogen-bond acceptors (Lipinski definition) is 4. The van der Waals surface area contributed by atoms with E-state index in [1.807, 2.05) is 6.92 Å². The van der Waals surface area contributed by atoms with Gasteiger partial charge >= 0.3 is 0 Å². The summed E-state index contributed by atoms with van der Waals surface area (Å²) in [6, 6.07) is 2.40. The number of likely N-dealkylation sites (tertiary alicyclic amines) is 2. The van der Waals surface area contributed by atoms with Gasteiger partial charge < -0.3 is 10.2 Å². The molecule has 0 amide bonds. The Labute approximate surface area is 149 Å². The molecule has 4 nitrogen and oxygen atoms in total. The molecule has 5 unspecified atom stereocenters. The highest BCUT2D eigenvalue weighted by Crippen LogP contribution is 2.33. The lowest BCUT2D eigenvalue weighted by Crippen LogP contribution is -2.55. The van der Waals surface area contributed by atoms with Gasteiger partial charge in [-0.1, -0.05) is 0 Å². The molecule has 0 aromatic heterocycles. The largest absolute Gasteiger partial charge is 0.393 e. The van der Waals surface area contributed by atoms with Crippen LogP contribution in [0.1, 0.15) is 80.1 Å². The Morgan fingerprint density at radius 1 is 1.04 bits per heavy atom. The average Bonchev–Trinajstić information content (AvgIpc) is 2.56. The molecule has 0 saturated carbocycles. The van der Waals surface area contributed by atoms with Gasteiger partial charge in [0.1, 0.15) is 0 Å². The fraction of sp³-hybridized carbons (Fsp3) is 1.00. The highest BCUT2D eigenvalue weighted by Gasteiger charge is 2.38. The molecule has 142 valence electrons. The van der Waals surface area contributed by atoms with Crippen molar-refractivity contribution in [3.05, 3.63) is 0 Å². The molecule has 4 heteroatoms. The number of aliphatic hydroxyl groups is 2. The van der Waals surface area contributed by atoms with E-state index in [1.54, 1.807) is 0 Å². The summed E-state index contributed by atoms with van der Waals surface area (Å²) < 4.78 is 0. The minimum atomic E-state index is -0.529. The Bertz CT molecular complexity index is 397. The lowest BCUT2D eigenvalue weighted by molar-refractivity contribution is -0.0252. The Balaban J connectivity index is 2.14. The average molecular weight is 341 g/mol. The van der Waals surface area contributed by atoms with Gasteiger partial charge in [0.25, 0.3) is 0 Å². The minimum Gasteiger partial charge on any atom is -0.393 e. The SMILES string of the molecule is CC(C)N1CCC(C)(O)CCC1CC1CC(O)CC(C)N1C(C)C. The van der Waals surface area contributed by atoms with Crippen molar-refractivity contribution in [3.8, 4) is 0 Å². The van der Waals surface area contributed by atoms with Crippen molar-refractivity contribution in [2.24, 2.45) is 0 Å². The van der Waals surface area contributed by atoms with E-state index >= 15 is 0 Å². The molecule has 0 aromatic carbocycles. The Morgan fingerprint density at radius 3 is 2.29 bits per heavy atom. The molecule has 2 aliphatic heterocycles. The lowest BCUT2D eigenvalue weighted by atomic mass is 9.86. The van der Waals surface area contributed by atoms with Gasteiger partial charge in [0.2, 0.25) is 0 Å². The predicted octanol–water partition coefficient (Wildman–Crippen LogP) is 3.01. The molecule has 0 bridgehead atoms. The van der Waals surface area contributed by atoms with Gasteiger partial charge in [0.15, 0.2) is 0 Å². The topological polar surface area (TPSA) is 46.9 Å². The van der Waals surface area contributed by atoms with Crippen LogP contribution in [0.2, 0.25) is 0 Å². The third-order valence-electron chi connectivity index (χ3n) is 6.29. The minimum absolute atomic E-state index is 0.165. The zero-order valence-corrected chi connectivity index (χ0v) is 16.7. The highest BCUT2D eigenvalue weighted by molar-refractivity contribution is 4.94. The molecule has 2 saturated heterocycles. The van der Waals surface area contributed by atoms with Crippen molar-refractivity contribution in [1.82, 2.24) is 9.80 Å². The fourth-order valence-electron chi connectivity index (χ4n) is 5.12. The molecular formula is C20H40N2O2. The van der Waals surface area contributed by atoms with E-state index in [9.17, 15) is 10.2 Å². The molecule has 0 aliphatic carbocycles. The van der Waals surface area contributed by atoms with Crippen molar-refractivity contribution >= 4 is 0 Å². The third-order valence-corrected chi connectivity index (χ3v) is 6.29. The van der Waals surface area contributed by atoms with E-state index in [1.165, 1.54) is 0 Å². The maximum Gasteiger partial charge on any atom is 0.0632 e. The molecule has 5 atom stereocenters. The zero-order valence-electron chi connectivity index (χ0n) is 16.7. The summed E-state index contributed by atoms with van der Waals surface area (Å²) in [6.07, 6.45) is 5.52. The first-order valence-corrected chi connectivity index (χ1v) is 10.0. The van der Waals surface area contributed by atoms with Crippen molar-refractivity contribution in [2.75, 3.05) is 6.54 Å². The van der Waals surface area contributed by atoms with Crippen LogP contribution in [-0.2, 0) is 0 Å². The van der Waals surface area contributed by atoms with Crippen LogP contribution in [0.15, 0.2) is 0 Å². The number of piperidine rings is 1. The van der Waals surface area contributed by atoms with Crippen LogP contribution in [0.3, 0.4) is 0 Å². The second kappa shape index (κ2) is 8.03. The van der Waals surface area contributed by atoms with Crippen LogP contribution in [-0.4, -0.2) is 68.5 Å². The van der Waals surface area contributed by atoms with Gasteiger partial charge in [-0.2, -0.15) is 0 Å². The molecule has 2 aliphatic rings. The van der Waals surface area contributed by atoms with Crippen LogP contribution in [0, 0.1) is 0 Å². The molecule has 0 radical (unpaired) electrons. The summed E-state index contributed by atoms with van der Waals surface area (Å²) in [7, 11) is 0. The van der Waals surface area contributed by atoms with Crippen molar-refractivity contribution in [1.29, 1.82) is 0 Å². The van der Waals surface area contributed by atoms with Gasteiger partial charge in [0, 0.05) is 36.8 Å². The van der Waals surface area contributed by atoms with Crippen molar-refractivity contribution in [2.45, 2.75) is 122 Å². The number of nitrogens with zero attached hydrogens (tertiary/aromatic N) is 2. The molecule has 24 heavy (non-hydrogen) atoms. The van der Waals surface area contributed by atoms with Crippen LogP contribution < -0.4 is 0 Å². The number of hydrogen-bond donors (Lipinski definition) is 2. The Kier molecular flexibility index (Phi) is 6.74. The number of aliphatic hydroxyl groups excluding tert-OH is 1. The number of rotatable bonds is 4. The molecule has 0 spiro atoms. The summed E-state index contributed by atoms with van der Waals surface area (Å²) in [5.74, 6) is 0. The maximum atomic E-state index is 10.5. The van der Waals surface area contributed by atoms with E-state index in [-0.39, 0.29) is 6.10 Å². The second-order valence-electron chi connectivity index (χ2n) is 9.18. The molecule has 0 aromatic rings. The van der Waals surface area contributed by atoms with Crippen LogP contribution in [0.25, 0.3) is 0 Å². The summed E-state index contributed by atoms with van der Waals surface area (Å²) in [5, 5.41) is 20.8. The lowest BCUT2D eigenvalue weighted by Gasteiger charge is -2.47. The van der Waals surface area contributed by atoms with Crippen molar-refractivity contribution in [3.63, 3.8) is 0 Å². The standard InChI is InChI=1S/C20H40N2O2/c1-14(2)21-10-9-20(6,24)8-7-17(21)12-18-13-19(23)11-16(5)22(18)15(3)4/h14-19,23-24H,7-13H2,1-6H3. The smallest absolute Gasteiger partial charge is 0.0632 e. The first-order valence-electron chi connectivity index (χ1n) is 10.0. The van der Waals surface area contributed by atoms with Gasteiger partial charge in [0.05, 0.1) is 11.7 Å². The van der Waals surface area contributed by atoms with Gasteiger partial charge in [-0.3, -0.25) is 9.80 Å². The van der Waals surface area contributed by atoms with E-state index in [0.29, 0.717) is 30.2 Å². The highest BCUT2D eigenvalue weighted by atomic mass is 16.3. The quantitative estimate of drug-likeness (QED) is 0.826. The van der Waals surface area contributed by atoms with Gasteiger partial charge in [-0.25, -0.2) is 0 Å². The van der Waals surface area contributed by atoms with Crippen LogP contribution in [0.5, 0.6) is 0 Å². The zero-order chi connectivity index (χ0) is 18.1. The molecule has 2 N–H and O–H groups in total. The van der Waals surface area contributed by atoms with E-state index in [0.717, 1.165) is 45.1 Å². The van der Waals surface area contributed by atoms with Crippen LogP contribution >= 0.6 is 0 Å². The summed E-state index contributed by atoms with van der Waals surface area (Å²) in [4.78, 5) is 5.21. The Hall–Kier alpha value is -0.160. The van der Waals surface area contributed by atoms with Crippen LogP contribution in [0.4, 0.5) is 0 Å². The normalized spacial score (nSPS) is 40.2. The first kappa shape index (κ1) is 20.2. The summed E-state index contributed by atoms with van der Waals surface area (Å²) in [6.45, 7) is 14.3. The monoisotopic (exact) mass is 340 g/mol. The predicted molar refractivity (Wildman–Crippen MR) is 100 cm³/mol. The van der Waals surface area contributed by atoms with Gasteiger partial charge in [-0.15, -0.1) is 0 Å². The Morgan fingerprint density at radius 2 is 1.71 bits per heavy atom. The second-order valence-corrected chi connectivity index (χ2v) is 9.18. The van der Waals surface area contributed by atoms with E-state index in [2.05, 4.69) is 44.4 Å². The summed E-state index contributed by atoms with van der Waals surface area (Å²) in [5.41, 5.74) is -0.529. The fourth-order valence-corrected chi connectivity index (χ4v) is 5.12. The van der Waals surface area contributed by atoms with E-state index < -0.39 is 5.60 Å². The maximum absolute atomic E-state index is 10.5.